The van der Waals surface area contributed by atoms with Crippen molar-refractivity contribution in [2.24, 2.45) is 5.92 Å². The number of carbonyl (C=O) groups excluding carboxylic acids is 1. The van der Waals surface area contributed by atoms with E-state index in [2.05, 4.69) is 49.2 Å². The van der Waals surface area contributed by atoms with E-state index in [0.717, 1.165) is 26.2 Å². The van der Waals surface area contributed by atoms with Gasteiger partial charge in [0.1, 0.15) is 0 Å². The molecule has 1 aliphatic carbocycles. The van der Waals surface area contributed by atoms with Crippen LogP contribution in [0.5, 0.6) is 0 Å². The van der Waals surface area contributed by atoms with Crippen LogP contribution in [0, 0.1) is 9.49 Å². The number of nitrogens with one attached hydrogen (secondary N) is 2. The van der Waals surface area contributed by atoms with Crippen molar-refractivity contribution in [2.75, 3.05) is 18.4 Å². The molecular formula is C12H14BrIN2O. The Morgan fingerprint density at radius 3 is 2.94 bits per heavy atom. The molecule has 92 valence electrons. The summed E-state index contributed by atoms with van der Waals surface area (Å²) < 4.78 is 2.01. The van der Waals surface area contributed by atoms with Crippen LogP contribution in [0.25, 0.3) is 0 Å². The van der Waals surface area contributed by atoms with Crippen LogP contribution in [0.3, 0.4) is 0 Å². The highest BCUT2D eigenvalue weighted by Gasteiger charge is 2.20. The first-order chi connectivity index (χ1) is 8.15. The number of hydrogen-bond acceptors (Lipinski definition) is 2. The van der Waals surface area contributed by atoms with E-state index >= 15 is 0 Å². The lowest BCUT2D eigenvalue weighted by molar-refractivity contribution is -0.115. The molecule has 3 nitrogen and oxygen atoms in total. The Morgan fingerprint density at radius 1 is 1.47 bits per heavy atom. The zero-order valence-electron chi connectivity index (χ0n) is 9.30. The Morgan fingerprint density at radius 2 is 2.24 bits per heavy atom. The van der Waals surface area contributed by atoms with Gasteiger partial charge in [-0.2, -0.15) is 0 Å². The largest absolute Gasteiger partial charge is 0.324 e. The van der Waals surface area contributed by atoms with Crippen molar-refractivity contribution >= 4 is 50.1 Å². The fourth-order valence-electron chi connectivity index (χ4n) is 1.50. The van der Waals surface area contributed by atoms with E-state index in [4.69, 9.17) is 0 Å². The normalized spacial score (nSPS) is 14.7. The molecule has 1 aromatic carbocycles. The molecule has 0 radical (unpaired) electrons. The number of rotatable bonds is 5. The number of amides is 1. The highest BCUT2D eigenvalue weighted by molar-refractivity contribution is 14.1. The predicted molar refractivity (Wildman–Crippen MR) is 81.1 cm³/mol. The molecule has 2 N–H and O–H groups in total. The molecule has 5 heteroatoms. The van der Waals surface area contributed by atoms with Crippen molar-refractivity contribution in [2.45, 2.75) is 12.8 Å². The van der Waals surface area contributed by atoms with Crippen LogP contribution in [0.1, 0.15) is 12.8 Å². The highest BCUT2D eigenvalue weighted by Crippen LogP contribution is 2.27. The van der Waals surface area contributed by atoms with Gasteiger partial charge >= 0.3 is 0 Å². The molecule has 0 unspecified atom stereocenters. The summed E-state index contributed by atoms with van der Waals surface area (Å²) in [7, 11) is 0. The fraction of sp³-hybridized carbons (Fsp3) is 0.417. The second kappa shape index (κ2) is 6.15. The maximum absolute atomic E-state index is 11.7. The third-order valence-electron chi connectivity index (χ3n) is 2.62. The number of hydrogen-bond donors (Lipinski definition) is 2. The van der Waals surface area contributed by atoms with E-state index in [1.165, 1.54) is 12.8 Å². The first-order valence-electron chi connectivity index (χ1n) is 5.61. The highest BCUT2D eigenvalue weighted by atomic mass is 127. The summed E-state index contributed by atoms with van der Waals surface area (Å²) in [4.78, 5) is 11.7. The van der Waals surface area contributed by atoms with E-state index in [0.29, 0.717) is 6.54 Å². The molecule has 0 spiro atoms. The van der Waals surface area contributed by atoms with Gasteiger partial charge in [0, 0.05) is 8.04 Å². The third-order valence-corrected chi connectivity index (χ3v) is 3.98. The number of anilines is 1. The van der Waals surface area contributed by atoms with Gasteiger partial charge in [0.05, 0.1) is 12.2 Å². The van der Waals surface area contributed by atoms with E-state index in [-0.39, 0.29) is 5.91 Å². The molecule has 1 amide bonds. The lowest BCUT2D eigenvalue weighted by Gasteiger charge is -2.08. The van der Waals surface area contributed by atoms with Crippen molar-refractivity contribution in [3.05, 3.63) is 26.2 Å². The molecule has 0 atom stereocenters. The summed E-state index contributed by atoms with van der Waals surface area (Å²) in [5.74, 6) is 0.806. The van der Waals surface area contributed by atoms with Crippen LogP contribution in [-0.2, 0) is 4.79 Å². The minimum atomic E-state index is 0.00773. The van der Waals surface area contributed by atoms with Crippen LogP contribution >= 0.6 is 38.5 Å². The average molecular weight is 409 g/mol. The third kappa shape index (κ3) is 4.56. The second-order valence-corrected chi connectivity index (χ2v) is 6.35. The van der Waals surface area contributed by atoms with Gasteiger partial charge in [-0.15, -0.1) is 0 Å². The monoisotopic (exact) mass is 408 g/mol. The van der Waals surface area contributed by atoms with Crippen LogP contribution in [0.4, 0.5) is 5.69 Å². The molecule has 0 aromatic heterocycles. The van der Waals surface area contributed by atoms with E-state index in [1.54, 1.807) is 0 Å². The zero-order chi connectivity index (χ0) is 12.3. The summed E-state index contributed by atoms with van der Waals surface area (Å²) in [6.45, 7) is 1.34. The first-order valence-corrected chi connectivity index (χ1v) is 7.48. The Bertz CT molecular complexity index is 421. The van der Waals surface area contributed by atoms with Gasteiger partial charge in [0.2, 0.25) is 5.91 Å². The van der Waals surface area contributed by atoms with Crippen LogP contribution in [0.15, 0.2) is 22.7 Å². The lowest BCUT2D eigenvalue weighted by Crippen LogP contribution is -2.29. The van der Waals surface area contributed by atoms with Gasteiger partial charge in [-0.05, 0) is 82.0 Å². The van der Waals surface area contributed by atoms with Crippen molar-refractivity contribution in [3.63, 3.8) is 0 Å². The summed E-state index contributed by atoms with van der Waals surface area (Å²) in [6.07, 6.45) is 2.61. The maximum atomic E-state index is 11.7. The molecule has 0 bridgehead atoms. The number of halogens is 2. The van der Waals surface area contributed by atoms with Crippen molar-refractivity contribution in [1.82, 2.24) is 5.32 Å². The molecule has 2 rings (SSSR count). The smallest absolute Gasteiger partial charge is 0.238 e. The SMILES string of the molecule is O=C(CNCC1CC1)Nc1cc(I)ccc1Br. The Kier molecular flexibility index (Phi) is 4.81. The van der Waals surface area contributed by atoms with Crippen molar-refractivity contribution < 1.29 is 4.79 Å². The lowest BCUT2D eigenvalue weighted by atomic mass is 10.3. The zero-order valence-corrected chi connectivity index (χ0v) is 13.0. The fourth-order valence-corrected chi connectivity index (χ4v) is 2.34. The van der Waals surface area contributed by atoms with Gasteiger partial charge in [-0.1, -0.05) is 0 Å². The van der Waals surface area contributed by atoms with Crippen LogP contribution in [0.2, 0.25) is 0 Å². The second-order valence-electron chi connectivity index (χ2n) is 4.25. The summed E-state index contributed by atoms with van der Waals surface area (Å²) in [6, 6.07) is 5.88. The molecular weight excluding hydrogens is 395 g/mol. The van der Waals surface area contributed by atoms with Gasteiger partial charge in [0.15, 0.2) is 0 Å². The summed E-state index contributed by atoms with van der Waals surface area (Å²) in [5.41, 5.74) is 0.829. The molecule has 1 saturated carbocycles. The Hall–Kier alpha value is -0.140. The predicted octanol–water partition coefficient (Wildman–Crippen LogP) is 2.99. The summed E-state index contributed by atoms with van der Waals surface area (Å²) in [5, 5.41) is 6.06. The van der Waals surface area contributed by atoms with Crippen LogP contribution in [-0.4, -0.2) is 19.0 Å². The Labute approximate surface area is 123 Å². The van der Waals surface area contributed by atoms with Gasteiger partial charge < -0.3 is 10.6 Å². The minimum Gasteiger partial charge on any atom is -0.324 e. The maximum Gasteiger partial charge on any atom is 0.238 e. The Balaban J connectivity index is 1.81. The van der Waals surface area contributed by atoms with Crippen molar-refractivity contribution in [3.8, 4) is 0 Å². The standard InChI is InChI=1S/C12H14BrIN2O/c13-10-4-3-9(14)5-11(10)16-12(17)7-15-6-8-1-2-8/h3-5,8,15H,1-2,6-7H2,(H,16,17). The minimum absolute atomic E-state index is 0.00773. The molecule has 17 heavy (non-hydrogen) atoms. The molecule has 0 heterocycles. The first kappa shape index (κ1) is 13.3. The molecule has 0 saturated heterocycles. The van der Waals surface area contributed by atoms with Gasteiger partial charge in [0.25, 0.3) is 0 Å². The molecule has 0 aliphatic heterocycles. The van der Waals surface area contributed by atoms with Crippen molar-refractivity contribution in [1.29, 1.82) is 0 Å². The van der Waals surface area contributed by atoms with E-state index in [1.807, 2.05) is 18.2 Å². The quantitative estimate of drug-likeness (QED) is 0.735. The number of benzene rings is 1. The van der Waals surface area contributed by atoms with Crippen LogP contribution < -0.4 is 10.6 Å². The van der Waals surface area contributed by atoms with E-state index < -0.39 is 0 Å². The molecule has 1 fully saturated rings. The molecule has 1 aliphatic rings. The topological polar surface area (TPSA) is 41.1 Å². The van der Waals surface area contributed by atoms with E-state index in [9.17, 15) is 4.79 Å². The average Bonchev–Trinajstić information content (AvgIpc) is 3.07. The number of carbonyl (C=O) groups is 1. The van der Waals surface area contributed by atoms with Gasteiger partial charge in [-0.3, -0.25) is 4.79 Å². The molecule has 1 aromatic rings. The van der Waals surface area contributed by atoms with Gasteiger partial charge in [-0.25, -0.2) is 0 Å². The summed E-state index contributed by atoms with van der Waals surface area (Å²) >= 11 is 5.65.